The summed E-state index contributed by atoms with van der Waals surface area (Å²) >= 11 is 17.5. The third kappa shape index (κ3) is 3.65. The molecule has 1 aliphatic carbocycles. The Labute approximate surface area is 201 Å². The third-order valence-corrected chi connectivity index (χ3v) is 8.15. The molecule has 2 fully saturated rings. The Kier molecular flexibility index (Phi) is 6.13. The van der Waals surface area contributed by atoms with Crippen molar-refractivity contribution in [1.29, 1.82) is 0 Å². The molecule has 1 amide bonds. The van der Waals surface area contributed by atoms with Crippen LogP contribution in [-0.4, -0.2) is 34.5 Å². The number of halogens is 2. The van der Waals surface area contributed by atoms with Gasteiger partial charge in [-0.05, 0) is 61.1 Å². The van der Waals surface area contributed by atoms with Crippen LogP contribution in [0.1, 0.15) is 42.7 Å². The quantitative estimate of drug-likeness (QED) is 0.466. The fourth-order valence-electron chi connectivity index (χ4n) is 5.25. The Balaban J connectivity index is 1.80. The van der Waals surface area contributed by atoms with E-state index in [0.29, 0.717) is 28.6 Å². The fraction of sp³-hybridized carbons (Fsp3) is 0.391. The van der Waals surface area contributed by atoms with Crippen LogP contribution in [0.5, 0.6) is 5.75 Å². The molecule has 1 heterocycles. The molecule has 5 unspecified atom stereocenters. The molecule has 32 heavy (non-hydrogen) atoms. The van der Waals surface area contributed by atoms with Crippen LogP contribution in [0.4, 0.5) is 0 Å². The number of benzene rings is 2. The van der Waals surface area contributed by atoms with Crippen LogP contribution in [-0.2, 0) is 9.59 Å². The van der Waals surface area contributed by atoms with Crippen molar-refractivity contribution in [3.63, 3.8) is 0 Å². The Hall–Kier alpha value is -1.93. The Morgan fingerprint density at radius 3 is 2.59 bits per heavy atom. The van der Waals surface area contributed by atoms with Gasteiger partial charge in [0.1, 0.15) is 5.75 Å². The zero-order valence-corrected chi connectivity index (χ0v) is 19.8. The summed E-state index contributed by atoms with van der Waals surface area (Å²) in [5, 5.41) is 12.3. The first kappa shape index (κ1) is 23.2. The van der Waals surface area contributed by atoms with Gasteiger partial charge in [-0.3, -0.25) is 4.79 Å². The fourth-order valence-corrected chi connectivity index (χ4v) is 6.24. The van der Waals surface area contributed by atoms with Gasteiger partial charge in [0, 0.05) is 16.0 Å². The van der Waals surface area contributed by atoms with Crippen molar-refractivity contribution in [1.82, 2.24) is 5.32 Å². The summed E-state index contributed by atoms with van der Waals surface area (Å²) in [5.74, 6) is -1.17. The molecule has 0 spiro atoms. The minimum Gasteiger partial charge on any atom is -0.482 e. The summed E-state index contributed by atoms with van der Waals surface area (Å²) in [5.41, 5.74) is 7.15. The molecule has 4 N–H and O–H groups in total. The predicted molar refractivity (Wildman–Crippen MR) is 127 cm³/mol. The highest BCUT2D eigenvalue weighted by atomic mass is 35.5. The number of nitrogens with one attached hydrogen (secondary N) is 1. The number of carboxylic acid groups (broad SMARTS) is 1. The van der Waals surface area contributed by atoms with E-state index in [1.165, 1.54) is 0 Å². The number of rotatable bonds is 5. The Morgan fingerprint density at radius 2 is 1.97 bits per heavy atom. The smallest absolute Gasteiger partial charge is 0.341 e. The summed E-state index contributed by atoms with van der Waals surface area (Å²) in [7, 11) is 0. The van der Waals surface area contributed by atoms with Crippen molar-refractivity contribution >= 4 is 47.7 Å². The number of carboxylic acids is 1. The summed E-state index contributed by atoms with van der Waals surface area (Å²) < 4.78 is 5.26. The van der Waals surface area contributed by atoms with Crippen LogP contribution < -0.4 is 15.8 Å². The highest BCUT2D eigenvalue weighted by Gasteiger charge is 2.67. The largest absolute Gasteiger partial charge is 0.482 e. The molecule has 2 aliphatic rings. The molecule has 2 aromatic rings. The van der Waals surface area contributed by atoms with Crippen LogP contribution in [0, 0.1) is 5.41 Å². The number of hydrogen-bond donors (Lipinski definition) is 4. The summed E-state index contributed by atoms with van der Waals surface area (Å²) in [4.78, 5) is 23.7. The van der Waals surface area contributed by atoms with E-state index in [0.717, 1.165) is 11.1 Å². The van der Waals surface area contributed by atoms with Crippen molar-refractivity contribution in [3.8, 4) is 5.75 Å². The third-order valence-electron chi connectivity index (χ3n) is 7.01. The van der Waals surface area contributed by atoms with Gasteiger partial charge in [-0.2, -0.15) is 12.6 Å². The summed E-state index contributed by atoms with van der Waals surface area (Å²) in [6, 6.07) is 12.7. The maximum atomic E-state index is 12.9. The van der Waals surface area contributed by atoms with Crippen LogP contribution >= 0.6 is 35.8 Å². The van der Waals surface area contributed by atoms with Crippen LogP contribution in [0.25, 0.3) is 0 Å². The average Bonchev–Trinajstić information content (AvgIpc) is 2.92. The molecule has 1 aliphatic heterocycles. The van der Waals surface area contributed by atoms with Crippen molar-refractivity contribution in [3.05, 3.63) is 63.6 Å². The number of amides is 1. The maximum absolute atomic E-state index is 12.9. The van der Waals surface area contributed by atoms with Crippen molar-refractivity contribution in [2.45, 2.75) is 42.5 Å². The molecule has 170 valence electrons. The van der Waals surface area contributed by atoms with E-state index in [4.69, 9.17) is 51.4 Å². The van der Waals surface area contributed by atoms with Gasteiger partial charge in [-0.25, -0.2) is 4.79 Å². The molecule has 5 atom stereocenters. The maximum Gasteiger partial charge on any atom is 0.341 e. The molecular formula is C23H24Cl2N2O4S. The van der Waals surface area contributed by atoms with Gasteiger partial charge in [-0.1, -0.05) is 41.4 Å². The molecule has 1 saturated heterocycles. The molecule has 4 rings (SSSR count). The zero-order valence-electron chi connectivity index (χ0n) is 17.3. The van der Waals surface area contributed by atoms with Crippen molar-refractivity contribution in [2.24, 2.45) is 11.1 Å². The highest BCUT2D eigenvalue weighted by molar-refractivity contribution is 7.81. The first-order valence-corrected chi connectivity index (χ1v) is 11.5. The second-order valence-electron chi connectivity index (χ2n) is 8.68. The molecule has 6 nitrogen and oxygen atoms in total. The minimum atomic E-state index is -1.07. The normalized spacial score (nSPS) is 31.7. The average molecular weight is 495 g/mol. The first-order valence-electron chi connectivity index (χ1n) is 10.3. The first-order chi connectivity index (χ1) is 15.1. The Bertz CT molecular complexity index is 1070. The van der Waals surface area contributed by atoms with Gasteiger partial charge in [-0.15, -0.1) is 0 Å². The van der Waals surface area contributed by atoms with Crippen molar-refractivity contribution in [2.75, 3.05) is 6.61 Å². The van der Waals surface area contributed by atoms with E-state index in [-0.39, 0.29) is 17.7 Å². The number of fused-ring (bicyclic) bond motifs is 1. The van der Waals surface area contributed by atoms with Crippen LogP contribution in [0.2, 0.25) is 10.0 Å². The molecule has 0 aromatic heterocycles. The SMILES string of the molecule is CC12CCC(c3ccc(OCC(=O)O)cc3Cl)C(c3ccc(Cl)cc3)C1(N)C(S)NC2=O. The van der Waals surface area contributed by atoms with Gasteiger partial charge in [0.05, 0.1) is 16.3 Å². The number of nitrogens with two attached hydrogens (primary N) is 1. The minimum absolute atomic E-state index is 0.0964. The zero-order chi connectivity index (χ0) is 23.3. The summed E-state index contributed by atoms with van der Waals surface area (Å²) in [6.07, 6.45) is 1.26. The van der Waals surface area contributed by atoms with E-state index in [1.54, 1.807) is 12.1 Å². The van der Waals surface area contributed by atoms with Gasteiger partial charge < -0.3 is 20.9 Å². The number of thiol groups is 1. The number of aliphatic carboxylic acids is 1. The lowest BCUT2D eigenvalue weighted by Gasteiger charge is -2.53. The van der Waals surface area contributed by atoms with E-state index in [1.807, 2.05) is 37.3 Å². The number of carbonyl (C=O) groups is 2. The second-order valence-corrected chi connectivity index (χ2v) is 10.0. The molecule has 0 radical (unpaired) electrons. The van der Waals surface area contributed by atoms with Crippen molar-refractivity contribution < 1.29 is 19.4 Å². The van der Waals surface area contributed by atoms with Gasteiger partial charge in [0.15, 0.2) is 6.61 Å². The molecule has 9 heteroatoms. The second kappa shape index (κ2) is 8.45. The summed E-state index contributed by atoms with van der Waals surface area (Å²) in [6.45, 7) is 1.45. The lowest BCUT2D eigenvalue weighted by atomic mass is 9.53. The molecule has 2 aromatic carbocycles. The molecule has 1 saturated carbocycles. The predicted octanol–water partition coefficient (Wildman–Crippen LogP) is 4.21. The molecular weight excluding hydrogens is 471 g/mol. The van der Waals surface area contributed by atoms with Crippen LogP contribution in [0.15, 0.2) is 42.5 Å². The standard InChI is InChI=1S/C23H24Cl2N2O4S/c1-22-9-8-16(15-7-6-14(10-17(15)25)31-11-18(28)29)19(12-2-4-13(24)5-3-12)23(22,26)21(32)27-20(22)30/h2-7,10,16,19,21,32H,8-9,11,26H2,1H3,(H,27,30)(H,28,29). The van der Waals surface area contributed by atoms with Gasteiger partial charge in [0.2, 0.25) is 5.91 Å². The molecule has 0 bridgehead atoms. The van der Waals surface area contributed by atoms with E-state index in [2.05, 4.69) is 5.32 Å². The number of carbonyl (C=O) groups excluding carboxylic acids is 1. The van der Waals surface area contributed by atoms with E-state index < -0.39 is 28.9 Å². The van der Waals surface area contributed by atoms with Gasteiger partial charge >= 0.3 is 5.97 Å². The lowest BCUT2D eigenvalue weighted by molar-refractivity contribution is -0.139. The number of hydrogen-bond acceptors (Lipinski definition) is 5. The van der Waals surface area contributed by atoms with E-state index in [9.17, 15) is 9.59 Å². The highest BCUT2D eigenvalue weighted by Crippen LogP contribution is 2.60. The topological polar surface area (TPSA) is 102 Å². The number of ether oxygens (including phenoxy) is 1. The van der Waals surface area contributed by atoms with Crippen LogP contribution in [0.3, 0.4) is 0 Å². The van der Waals surface area contributed by atoms with E-state index >= 15 is 0 Å². The monoisotopic (exact) mass is 494 g/mol. The van der Waals surface area contributed by atoms with Gasteiger partial charge in [0.25, 0.3) is 0 Å². The lowest BCUT2D eigenvalue weighted by Crippen LogP contribution is -2.64. The Morgan fingerprint density at radius 1 is 1.28 bits per heavy atom.